The molecule has 0 bridgehead atoms. The van der Waals surface area contributed by atoms with Gasteiger partial charge in [0.15, 0.2) is 0 Å². The van der Waals surface area contributed by atoms with Crippen molar-refractivity contribution < 1.29 is 14.4 Å². The zero-order valence-corrected chi connectivity index (χ0v) is 14.5. The fourth-order valence-corrected chi connectivity index (χ4v) is 3.18. The summed E-state index contributed by atoms with van der Waals surface area (Å²) in [4.78, 5) is 37.4. The molecule has 0 unspecified atom stereocenters. The molecule has 0 aromatic heterocycles. The highest BCUT2D eigenvalue weighted by atomic mass is 16.2. The van der Waals surface area contributed by atoms with Crippen molar-refractivity contribution in [3.8, 4) is 0 Å². The molecule has 0 spiro atoms. The van der Waals surface area contributed by atoms with E-state index in [1.54, 1.807) is 24.3 Å². The summed E-state index contributed by atoms with van der Waals surface area (Å²) in [5.41, 5.74) is 3.65. The fraction of sp³-hybridized carbons (Fsp3) is 0.421. The van der Waals surface area contributed by atoms with E-state index in [0.717, 1.165) is 6.42 Å². The van der Waals surface area contributed by atoms with E-state index in [1.165, 1.54) is 5.01 Å². The minimum absolute atomic E-state index is 0.0715. The van der Waals surface area contributed by atoms with Gasteiger partial charge < -0.3 is 5.32 Å². The van der Waals surface area contributed by atoms with E-state index in [2.05, 4.69) is 10.7 Å². The zero-order chi connectivity index (χ0) is 18.0. The number of hydrogen-bond acceptors (Lipinski definition) is 3. The molecule has 3 rings (SSSR count). The molecule has 1 aliphatic carbocycles. The van der Waals surface area contributed by atoms with Gasteiger partial charge in [-0.25, -0.2) is 5.01 Å². The topological polar surface area (TPSA) is 78.5 Å². The number of nitrogens with one attached hydrogen (secondary N) is 2. The van der Waals surface area contributed by atoms with Crippen LogP contribution >= 0.6 is 0 Å². The molecule has 6 heteroatoms. The van der Waals surface area contributed by atoms with Crippen LogP contribution in [0.1, 0.15) is 43.5 Å². The van der Waals surface area contributed by atoms with Crippen LogP contribution in [-0.2, 0) is 9.59 Å². The third-order valence-corrected chi connectivity index (χ3v) is 4.89. The molecule has 2 aliphatic rings. The fourth-order valence-electron chi connectivity index (χ4n) is 3.18. The molecule has 6 nitrogen and oxygen atoms in total. The molecule has 0 radical (unpaired) electrons. The van der Waals surface area contributed by atoms with Crippen molar-refractivity contribution in [1.82, 2.24) is 10.7 Å². The lowest BCUT2D eigenvalue weighted by atomic mass is 9.80. The first-order chi connectivity index (χ1) is 12.0. The Labute approximate surface area is 147 Å². The van der Waals surface area contributed by atoms with Gasteiger partial charge in [-0.2, -0.15) is 0 Å². The van der Waals surface area contributed by atoms with Crippen LogP contribution in [0.5, 0.6) is 0 Å². The van der Waals surface area contributed by atoms with Crippen molar-refractivity contribution in [2.75, 3.05) is 5.01 Å². The van der Waals surface area contributed by atoms with Crippen LogP contribution in [0, 0.1) is 11.8 Å². The van der Waals surface area contributed by atoms with E-state index >= 15 is 0 Å². The summed E-state index contributed by atoms with van der Waals surface area (Å²) in [5.74, 6) is -1.11. The van der Waals surface area contributed by atoms with Gasteiger partial charge in [-0.05, 0) is 44.4 Å². The number of fused-ring (bicyclic) bond motifs is 1. The molecular weight excluding hydrogens is 318 g/mol. The average molecular weight is 341 g/mol. The van der Waals surface area contributed by atoms with Gasteiger partial charge in [-0.1, -0.05) is 25.1 Å². The lowest BCUT2D eigenvalue weighted by Gasteiger charge is -2.38. The van der Waals surface area contributed by atoms with Crippen LogP contribution in [0.3, 0.4) is 0 Å². The molecule has 1 aromatic rings. The Morgan fingerprint density at radius 1 is 1.28 bits per heavy atom. The molecule has 3 atom stereocenters. The van der Waals surface area contributed by atoms with Crippen molar-refractivity contribution in [3.63, 3.8) is 0 Å². The summed E-state index contributed by atoms with van der Waals surface area (Å²) in [6, 6.07) is 6.84. The number of carbonyl (C=O) groups is 3. The van der Waals surface area contributed by atoms with Crippen LogP contribution in [0.25, 0.3) is 0 Å². The summed E-state index contributed by atoms with van der Waals surface area (Å²) < 4.78 is 0. The van der Waals surface area contributed by atoms with Gasteiger partial charge in [-0.15, -0.1) is 0 Å². The highest BCUT2D eigenvalue weighted by Gasteiger charge is 2.42. The predicted octanol–water partition coefficient (Wildman–Crippen LogP) is 2.18. The SMILES string of the molecule is CC[C@H](C)NC(=O)c1cccc(N2NC(=O)[C@H]3CC=CC[C@@H]3C2=O)c1. The first-order valence-electron chi connectivity index (χ1n) is 8.71. The van der Waals surface area contributed by atoms with Crippen molar-refractivity contribution >= 4 is 23.4 Å². The smallest absolute Gasteiger partial charge is 0.251 e. The molecular formula is C19H23N3O3. The molecule has 3 amide bonds. The highest BCUT2D eigenvalue weighted by molar-refractivity contribution is 6.05. The van der Waals surface area contributed by atoms with Gasteiger partial charge in [0.1, 0.15) is 0 Å². The van der Waals surface area contributed by atoms with Crippen molar-refractivity contribution in [3.05, 3.63) is 42.0 Å². The second-order valence-electron chi connectivity index (χ2n) is 6.64. The zero-order valence-electron chi connectivity index (χ0n) is 14.5. The molecule has 0 saturated carbocycles. The van der Waals surface area contributed by atoms with E-state index in [0.29, 0.717) is 24.1 Å². The summed E-state index contributed by atoms with van der Waals surface area (Å²) in [7, 11) is 0. The number of amides is 3. The second kappa shape index (κ2) is 7.09. The largest absolute Gasteiger partial charge is 0.350 e. The van der Waals surface area contributed by atoms with E-state index in [4.69, 9.17) is 0 Å². The number of hydrogen-bond donors (Lipinski definition) is 2. The molecule has 1 heterocycles. The Morgan fingerprint density at radius 2 is 2.00 bits per heavy atom. The van der Waals surface area contributed by atoms with E-state index in [-0.39, 0.29) is 35.6 Å². The maximum atomic E-state index is 12.8. The van der Waals surface area contributed by atoms with E-state index in [1.807, 2.05) is 26.0 Å². The first kappa shape index (κ1) is 17.2. The van der Waals surface area contributed by atoms with Crippen LogP contribution < -0.4 is 15.8 Å². The number of benzene rings is 1. The summed E-state index contributed by atoms with van der Waals surface area (Å²) in [6.07, 6.45) is 5.90. The van der Waals surface area contributed by atoms with Crippen molar-refractivity contribution in [1.29, 1.82) is 0 Å². The standard InChI is InChI=1S/C19H23N3O3/c1-3-12(2)20-17(23)13-7-6-8-14(11-13)22-19(25)16-10-5-4-9-15(16)18(24)21-22/h4-8,11-12,15-16H,3,9-10H2,1-2H3,(H,20,23)(H,21,24)/t12-,15-,16-/m0/s1. The van der Waals surface area contributed by atoms with Gasteiger partial charge in [-0.3, -0.25) is 19.8 Å². The van der Waals surface area contributed by atoms with Crippen LogP contribution in [-0.4, -0.2) is 23.8 Å². The number of carbonyl (C=O) groups excluding carboxylic acids is 3. The van der Waals surface area contributed by atoms with Crippen LogP contribution in [0.2, 0.25) is 0 Å². The van der Waals surface area contributed by atoms with Crippen molar-refractivity contribution in [2.24, 2.45) is 11.8 Å². The molecule has 1 fully saturated rings. The Bertz CT molecular complexity index is 728. The molecule has 1 aromatic carbocycles. The van der Waals surface area contributed by atoms with Gasteiger partial charge in [0.05, 0.1) is 17.5 Å². The molecule has 1 aliphatic heterocycles. The summed E-state index contributed by atoms with van der Waals surface area (Å²) in [6.45, 7) is 3.94. The van der Waals surface area contributed by atoms with E-state index in [9.17, 15) is 14.4 Å². The number of anilines is 1. The Hall–Kier alpha value is -2.63. The quantitative estimate of drug-likeness (QED) is 0.824. The van der Waals surface area contributed by atoms with Gasteiger partial charge in [0.2, 0.25) is 11.8 Å². The number of allylic oxidation sites excluding steroid dienone is 2. The lowest BCUT2D eigenvalue weighted by molar-refractivity contribution is -0.139. The van der Waals surface area contributed by atoms with E-state index < -0.39 is 0 Å². The highest BCUT2D eigenvalue weighted by Crippen LogP contribution is 2.32. The molecule has 2 N–H and O–H groups in total. The third kappa shape index (κ3) is 3.43. The third-order valence-electron chi connectivity index (χ3n) is 4.89. The first-order valence-corrected chi connectivity index (χ1v) is 8.71. The molecule has 132 valence electrons. The van der Waals surface area contributed by atoms with Crippen LogP contribution in [0.4, 0.5) is 5.69 Å². The maximum Gasteiger partial charge on any atom is 0.251 e. The Balaban J connectivity index is 1.83. The van der Waals surface area contributed by atoms with Gasteiger partial charge in [0, 0.05) is 11.6 Å². The van der Waals surface area contributed by atoms with Crippen molar-refractivity contribution in [2.45, 2.75) is 39.2 Å². The average Bonchev–Trinajstić information content (AvgIpc) is 2.64. The molecule has 25 heavy (non-hydrogen) atoms. The number of rotatable bonds is 4. The minimum atomic E-state index is -0.337. The monoisotopic (exact) mass is 341 g/mol. The normalized spacial score (nSPS) is 23.7. The maximum absolute atomic E-state index is 12.8. The number of nitrogens with zero attached hydrogens (tertiary/aromatic N) is 1. The van der Waals surface area contributed by atoms with Gasteiger partial charge >= 0.3 is 0 Å². The van der Waals surface area contributed by atoms with Gasteiger partial charge in [0.25, 0.3) is 5.91 Å². The predicted molar refractivity (Wildman–Crippen MR) is 94.6 cm³/mol. The van der Waals surface area contributed by atoms with Crippen LogP contribution in [0.15, 0.2) is 36.4 Å². The summed E-state index contributed by atoms with van der Waals surface area (Å²) >= 11 is 0. The lowest BCUT2D eigenvalue weighted by Crippen LogP contribution is -2.59. The minimum Gasteiger partial charge on any atom is -0.350 e. The Morgan fingerprint density at radius 3 is 2.72 bits per heavy atom. The molecule has 1 saturated heterocycles. The Kier molecular flexibility index (Phi) is 4.88. The second-order valence-corrected chi connectivity index (χ2v) is 6.64. The number of hydrazine groups is 1. The summed E-state index contributed by atoms with van der Waals surface area (Å²) in [5, 5.41) is 4.18.